The molecule has 6 heteroatoms. The van der Waals surface area contributed by atoms with Gasteiger partial charge >= 0.3 is 5.54 Å². The van der Waals surface area contributed by atoms with Crippen molar-refractivity contribution in [2.75, 3.05) is 0 Å². The lowest BCUT2D eigenvalue weighted by Gasteiger charge is -2.20. The monoisotopic (exact) mass is 259 g/mol. The van der Waals surface area contributed by atoms with Crippen molar-refractivity contribution in [1.82, 2.24) is 4.98 Å². The quantitative estimate of drug-likeness (QED) is 0.665. The van der Waals surface area contributed by atoms with Gasteiger partial charge in [0.15, 0.2) is 0 Å². The number of aromatic nitrogens is 1. The highest BCUT2D eigenvalue weighted by Crippen LogP contribution is 2.30. The van der Waals surface area contributed by atoms with E-state index < -0.39 is 16.4 Å². The van der Waals surface area contributed by atoms with Crippen LogP contribution in [0.25, 0.3) is 10.9 Å². The summed E-state index contributed by atoms with van der Waals surface area (Å²) >= 11 is 0. The van der Waals surface area contributed by atoms with Gasteiger partial charge in [-0.25, -0.2) is 0 Å². The van der Waals surface area contributed by atoms with Crippen LogP contribution in [0.15, 0.2) is 36.5 Å². The minimum atomic E-state index is -1.90. The highest BCUT2D eigenvalue weighted by molar-refractivity contribution is 5.87. The molecule has 2 N–H and O–H groups in total. The van der Waals surface area contributed by atoms with Gasteiger partial charge in [-0.15, -0.1) is 0 Å². The second-order valence-corrected chi connectivity index (χ2v) is 4.25. The molecular formula is C13H13N3O3. The summed E-state index contributed by atoms with van der Waals surface area (Å²) in [6.07, 6.45) is 1.59. The molecule has 1 heterocycles. The number of hydrogen-bond acceptors (Lipinski definition) is 4. The number of nitrogens with zero attached hydrogens (tertiary/aromatic N) is 2. The number of rotatable bonds is 4. The lowest BCUT2D eigenvalue weighted by atomic mass is 9.86. The van der Waals surface area contributed by atoms with Crippen LogP contribution in [0.3, 0.4) is 0 Å². The second-order valence-electron chi connectivity index (χ2n) is 4.25. The molecule has 0 bridgehead atoms. The largest absolute Gasteiger partial charge is 0.363 e. The molecule has 19 heavy (non-hydrogen) atoms. The predicted molar refractivity (Wildman–Crippen MR) is 69.9 cm³/mol. The number of carbonyl (C=O) groups is 1. The van der Waals surface area contributed by atoms with Crippen molar-refractivity contribution in [2.45, 2.75) is 18.9 Å². The third kappa shape index (κ3) is 1.91. The summed E-state index contributed by atoms with van der Waals surface area (Å²) in [5, 5.41) is 12.2. The van der Waals surface area contributed by atoms with Crippen LogP contribution in [0.1, 0.15) is 18.9 Å². The van der Waals surface area contributed by atoms with Gasteiger partial charge in [-0.3, -0.25) is 19.9 Å². The average Bonchev–Trinajstić information content (AvgIpc) is 2.39. The molecule has 0 spiro atoms. The van der Waals surface area contributed by atoms with E-state index in [1.54, 1.807) is 37.4 Å². The van der Waals surface area contributed by atoms with Crippen LogP contribution in [0, 0.1) is 10.1 Å². The zero-order valence-corrected chi connectivity index (χ0v) is 10.4. The molecule has 2 rings (SSSR count). The van der Waals surface area contributed by atoms with Crippen molar-refractivity contribution in [2.24, 2.45) is 5.73 Å². The fraction of sp³-hybridized carbons (Fsp3) is 0.231. The molecule has 0 aliphatic rings. The molecule has 1 atom stereocenters. The van der Waals surface area contributed by atoms with E-state index in [2.05, 4.69) is 4.98 Å². The molecule has 0 fully saturated rings. The standard InChI is InChI=1S/C13H13N3O3/c1-2-13(12(14)17,16(18)19)10-6-5-9-4-3-7-15-11(9)8-10/h3-8H,2H2,1H3,(H2,14,17). The van der Waals surface area contributed by atoms with E-state index in [4.69, 9.17) is 5.73 Å². The molecule has 0 saturated heterocycles. The van der Waals surface area contributed by atoms with Crippen LogP contribution < -0.4 is 5.73 Å². The average molecular weight is 259 g/mol. The Morgan fingerprint density at radius 1 is 1.47 bits per heavy atom. The Kier molecular flexibility index (Phi) is 3.16. The first-order valence-corrected chi connectivity index (χ1v) is 5.82. The number of nitro groups is 1. The van der Waals surface area contributed by atoms with Crippen molar-refractivity contribution in [3.8, 4) is 0 Å². The Balaban J connectivity index is 2.69. The van der Waals surface area contributed by atoms with Crippen LogP contribution in [0.5, 0.6) is 0 Å². The first-order valence-electron chi connectivity index (χ1n) is 5.82. The summed E-state index contributed by atoms with van der Waals surface area (Å²) in [7, 11) is 0. The van der Waals surface area contributed by atoms with Crippen LogP contribution in [0.4, 0.5) is 0 Å². The van der Waals surface area contributed by atoms with E-state index in [1.165, 1.54) is 0 Å². The third-order valence-corrected chi connectivity index (χ3v) is 3.31. The SMILES string of the molecule is CCC(C(N)=O)(c1ccc2cccnc2c1)[N+](=O)[O-]. The summed E-state index contributed by atoms with van der Waals surface area (Å²) in [4.78, 5) is 26.4. The van der Waals surface area contributed by atoms with Gasteiger partial charge in [-0.05, 0) is 12.1 Å². The highest BCUT2D eigenvalue weighted by Gasteiger charge is 2.49. The maximum atomic E-state index is 11.6. The molecule has 1 aromatic heterocycles. The summed E-state index contributed by atoms with van der Waals surface area (Å²) in [6.45, 7) is 1.57. The normalized spacial score (nSPS) is 13.9. The van der Waals surface area contributed by atoms with Gasteiger partial charge in [-0.1, -0.05) is 25.1 Å². The van der Waals surface area contributed by atoms with Crippen LogP contribution in [-0.4, -0.2) is 15.8 Å². The first-order chi connectivity index (χ1) is 9.02. The summed E-state index contributed by atoms with van der Waals surface area (Å²) < 4.78 is 0. The molecule has 0 radical (unpaired) electrons. The van der Waals surface area contributed by atoms with Crippen molar-refractivity contribution in [3.63, 3.8) is 0 Å². The van der Waals surface area contributed by atoms with Gasteiger partial charge in [0.1, 0.15) is 0 Å². The molecule has 0 aliphatic carbocycles. The molecular weight excluding hydrogens is 246 g/mol. The minimum absolute atomic E-state index is 0.00628. The smallest absolute Gasteiger partial charge is 0.323 e. The topological polar surface area (TPSA) is 99.1 Å². The molecule has 1 aromatic carbocycles. The number of primary amides is 1. The van der Waals surface area contributed by atoms with Crippen molar-refractivity contribution in [3.05, 3.63) is 52.2 Å². The Morgan fingerprint density at radius 2 is 2.21 bits per heavy atom. The molecule has 1 amide bonds. The zero-order valence-electron chi connectivity index (χ0n) is 10.4. The zero-order chi connectivity index (χ0) is 14.0. The summed E-state index contributed by atoms with van der Waals surface area (Å²) in [5.41, 5.74) is 4.22. The fourth-order valence-electron chi connectivity index (χ4n) is 2.17. The predicted octanol–water partition coefficient (Wildman–Crippen LogP) is 1.60. The van der Waals surface area contributed by atoms with Crippen LogP contribution >= 0.6 is 0 Å². The molecule has 1 unspecified atom stereocenters. The Morgan fingerprint density at radius 3 is 2.79 bits per heavy atom. The van der Waals surface area contributed by atoms with Gasteiger partial charge in [-0.2, -0.15) is 0 Å². The van der Waals surface area contributed by atoms with Gasteiger partial charge in [0, 0.05) is 28.5 Å². The Bertz CT molecular complexity index is 640. The summed E-state index contributed by atoms with van der Waals surface area (Å²) in [6, 6.07) is 8.43. The third-order valence-electron chi connectivity index (χ3n) is 3.31. The lowest BCUT2D eigenvalue weighted by molar-refractivity contribution is -0.561. The van der Waals surface area contributed by atoms with Gasteiger partial charge in [0.2, 0.25) is 0 Å². The molecule has 0 saturated carbocycles. The lowest BCUT2D eigenvalue weighted by Crippen LogP contribution is -2.47. The number of pyridine rings is 1. The molecule has 2 aromatic rings. The number of amides is 1. The van der Waals surface area contributed by atoms with Gasteiger partial charge < -0.3 is 5.73 Å². The van der Waals surface area contributed by atoms with E-state index in [9.17, 15) is 14.9 Å². The van der Waals surface area contributed by atoms with Crippen molar-refractivity contribution < 1.29 is 9.72 Å². The highest BCUT2D eigenvalue weighted by atomic mass is 16.6. The van der Waals surface area contributed by atoms with E-state index in [1.807, 2.05) is 6.07 Å². The van der Waals surface area contributed by atoms with Gasteiger partial charge in [0.05, 0.1) is 5.52 Å². The number of benzene rings is 1. The number of nitrogens with two attached hydrogens (primary N) is 1. The van der Waals surface area contributed by atoms with Gasteiger partial charge in [0.25, 0.3) is 5.91 Å². The second kappa shape index (κ2) is 4.64. The Labute approximate surface area is 109 Å². The molecule has 0 aliphatic heterocycles. The van der Waals surface area contributed by atoms with E-state index >= 15 is 0 Å². The number of fused-ring (bicyclic) bond motifs is 1. The molecule has 98 valence electrons. The summed E-state index contributed by atoms with van der Waals surface area (Å²) in [5.74, 6) is -0.963. The van der Waals surface area contributed by atoms with Crippen molar-refractivity contribution >= 4 is 16.8 Å². The Hall–Kier alpha value is -2.50. The van der Waals surface area contributed by atoms with Crippen LogP contribution in [0.2, 0.25) is 0 Å². The maximum Gasteiger partial charge on any atom is 0.323 e. The minimum Gasteiger partial charge on any atom is -0.363 e. The number of carbonyl (C=O) groups excluding carboxylic acids is 1. The van der Waals surface area contributed by atoms with Crippen molar-refractivity contribution in [1.29, 1.82) is 0 Å². The van der Waals surface area contributed by atoms with E-state index in [0.29, 0.717) is 5.52 Å². The number of hydrogen-bond donors (Lipinski definition) is 1. The van der Waals surface area contributed by atoms with Crippen LogP contribution in [-0.2, 0) is 10.3 Å². The fourth-order valence-corrected chi connectivity index (χ4v) is 2.17. The van der Waals surface area contributed by atoms with E-state index in [-0.39, 0.29) is 12.0 Å². The first kappa shape index (κ1) is 12.9. The molecule has 6 nitrogen and oxygen atoms in total. The maximum absolute atomic E-state index is 11.6. The van der Waals surface area contributed by atoms with E-state index in [0.717, 1.165) is 5.39 Å².